The molecule has 0 fully saturated rings. The van der Waals surface area contributed by atoms with Crippen LogP contribution in [0.3, 0.4) is 0 Å². The molecule has 0 aliphatic carbocycles. The molecule has 19 heavy (non-hydrogen) atoms. The van der Waals surface area contributed by atoms with Crippen LogP contribution in [0.2, 0.25) is 0 Å². The van der Waals surface area contributed by atoms with Gasteiger partial charge in [0.25, 0.3) is 0 Å². The van der Waals surface area contributed by atoms with Crippen molar-refractivity contribution < 1.29 is 5.11 Å². The Morgan fingerprint density at radius 1 is 1.05 bits per heavy atom. The molecule has 0 spiro atoms. The van der Waals surface area contributed by atoms with Crippen molar-refractivity contribution in [1.29, 1.82) is 0 Å². The number of rotatable bonds is 5. The summed E-state index contributed by atoms with van der Waals surface area (Å²) in [7, 11) is 0. The summed E-state index contributed by atoms with van der Waals surface area (Å²) in [6, 6.07) is 17.0. The van der Waals surface area contributed by atoms with Gasteiger partial charge in [0.1, 0.15) is 0 Å². The van der Waals surface area contributed by atoms with Crippen LogP contribution in [0.4, 0.5) is 5.69 Å². The van der Waals surface area contributed by atoms with E-state index in [1.807, 2.05) is 13.0 Å². The summed E-state index contributed by atoms with van der Waals surface area (Å²) in [6.45, 7) is 4.21. The molecule has 0 aliphatic rings. The van der Waals surface area contributed by atoms with E-state index in [0.29, 0.717) is 0 Å². The van der Waals surface area contributed by atoms with Crippen molar-refractivity contribution >= 4 is 5.69 Å². The van der Waals surface area contributed by atoms with Crippen molar-refractivity contribution in [3.05, 3.63) is 65.2 Å². The van der Waals surface area contributed by atoms with E-state index in [1.165, 1.54) is 16.7 Å². The van der Waals surface area contributed by atoms with Crippen LogP contribution >= 0.6 is 0 Å². The van der Waals surface area contributed by atoms with Gasteiger partial charge in [0.2, 0.25) is 0 Å². The van der Waals surface area contributed by atoms with E-state index in [-0.39, 0.29) is 12.6 Å². The first-order valence-corrected chi connectivity index (χ1v) is 6.70. The molecule has 0 bridgehead atoms. The molecular weight excluding hydrogens is 234 g/mol. The van der Waals surface area contributed by atoms with Crippen molar-refractivity contribution in [3.8, 4) is 0 Å². The lowest BCUT2D eigenvalue weighted by molar-refractivity contribution is 0.281. The Labute approximate surface area is 115 Å². The minimum Gasteiger partial charge on any atom is -0.394 e. The summed E-state index contributed by atoms with van der Waals surface area (Å²) >= 11 is 0. The number of aliphatic hydroxyl groups is 1. The van der Waals surface area contributed by atoms with Gasteiger partial charge in [-0.05, 0) is 37.5 Å². The first-order valence-electron chi connectivity index (χ1n) is 6.70. The highest BCUT2D eigenvalue weighted by Crippen LogP contribution is 2.20. The first-order chi connectivity index (χ1) is 9.19. The molecule has 2 aromatic rings. The molecule has 0 saturated carbocycles. The van der Waals surface area contributed by atoms with Gasteiger partial charge in [-0.1, -0.05) is 48.0 Å². The fourth-order valence-corrected chi connectivity index (χ4v) is 2.05. The normalized spacial score (nSPS) is 12.2. The van der Waals surface area contributed by atoms with Crippen molar-refractivity contribution in [3.63, 3.8) is 0 Å². The van der Waals surface area contributed by atoms with Gasteiger partial charge in [0.15, 0.2) is 0 Å². The van der Waals surface area contributed by atoms with Crippen LogP contribution in [0.1, 0.15) is 23.6 Å². The summed E-state index contributed by atoms with van der Waals surface area (Å²) in [5, 5.41) is 12.5. The van der Waals surface area contributed by atoms with E-state index in [9.17, 15) is 0 Å². The molecule has 100 valence electrons. The Morgan fingerprint density at radius 3 is 2.42 bits per heavy atom. The van der Waals surface area contributed by atoms with Crippen LogP contribution < -0.4 is 5.32 Å². The van der Waals surface area contributed by atoms with Crippen molar-refractivity contribution in [1.82, 2.24) is 0 Å². The van der Waals surface area contributed by atoms with Gasteiger partial charge in [0.05, 0.1) is 6.61 Å². The maximum atomic E-state index is 9.14. The number of hydrogen-bond acceptors (Lipinski definition) is 2. The molecule has 0 aliphatic heterocycles. The van der Waals surface area contributed by atoms with Gasteiger partial charge in [0, 0.05) is 11.7 Å². The van der Waals surface area contributed by atoms with Gasteiger partial charge < -0.3 is 10.4 Å². The number of aryl methyl sites for hydroxylation is 1. The molecule has 2 N–H and O–H groups in total. The van der Waals surface area contributed by atoms with E-state index in [4.69, 9.17) is 5.11 Å². The fourth-order valence-electron chi connectivity index (χ4n) is 2.05. The van der Waals surface area contributed by atoms with Gasteiger partial charge in [-0.2, -0.15) is 0 Å². The standard InChI is InChI=1S/C17H21NO/c1-13-7-9-15(10-8-13)11-16-5-3-4-6-17(16)18-14(2)12-19/h3-10,14,18-19H,11-12H2,1-2H3. The third-order valence-corrected chi connectivity index (χ3v) is 3.21. The third-order valence-electron chi connectivity index (χ3n) is 3.21. The number of anilines is 1. The minimum absolute atomic E-state index is 0.0687. The lowest BCUT2D eigenvalue weighted by atomic mass is 10.0. The van der Waals surface area contributed by atoms with E-state index in [0.717, 1.165) is 12.1 Å². The molecule has 2 heteroatoms. The third kappa shape index (κ3) is 3.83. The second-order valence-corrected chi connectivity index (χ2v) is 5.05. The second-order valence-electron chi connectivity index (χ2n) is 5.05. The van der Waals surface area contributed by atoms with Crippen LogP contribution in [0, 0.1) is 6.92 Å². The van der Waals surface area contributed by atoms with Crippen molar-refractivity contribution in [2.75, 3.05) is 11.9 Å². The Balaban J connectivity index is 2.17. The van der Waals surface area contributed by atoms with Gasteiger partial charge in [-0.15, -0.1) is 0 Å². The zero-order valence-electron chi connectivity index (χ0n) is 11.6. The summed E-state index contributed by atoms with van der Waals surface area (Å²) in [5.41, 5.74) is 4.94. The van der Waals surface area contributed by atoms with E-state index in [1.54, 1.807) is 0 Å². The number of para-hydroxylation sites is 1. The van der Waals surface area contributed by atoms with E-state index in [2.05, 4.69) is 54.7 Å². The molecule has 1 atom stereocenters. The lowest BCUT2D eigenvalue weighted by Crippen LogP contribution is -2.20. The zero-order chi connectivity index (χ0) is 13.7. The lowest BCUT2D eigenvalue weighted by Gasteiger charge is -2.16. The number of aliphatic hydroxyl groups excluding tert-OH is 1. The SMILES string of the molecule is Cc1ccc(Cc2ccccc2NC(C)CO)cc1. The van der Waals surface area contributed by atoms with Crippen LogP contribution in [0.25, 0.3) is 0 Å². The van der Waals surface area contributed by atoms with Gasteiger partial charge >= 0.3 is 0 Å². The quantitative estimate of drug-likeness (QED) is 0.858. The summed E-state index contributed by atoms with van der Waals surface area (Å²) in [6.07, 6.45) is 0.904. The highest BCUT2D eigenvalue weighted by Gasteiger charge is 2.05. The van der Waals surface area contributed by atoms with Crippen molar-refractivity contribution in [2.24, 2.45) is 0 Å². The second kappa shape index (κ2) is 6.39. The van der Waals surface area contributed by atoms with Crippen LogP contribution in [-0.2, 0) is 6.42 Å². The van der Waals surface area contributed by atoms with E-state index >= 15 is 0 Å². The highest BCUT2D eigenvalue weighted by molar-refractivity contribution is 5.53. The maximum absolute atomic E-state index is 9.14. The molecule has 2 aromatic carbocycles. The first kappa shape index (κ1) is 13.6. The topological polar surface area (TPSA) is 32.3 Å². The molecular formula is C17H21NO. The smallest absolute Gasteiger partial charge is 0.0630 e. The fraction of sp³-hybridized carbons (Fsp3) is 0.294. The Morgan fingerprint density at radius 2 is 1.74 bits per heavy atom. The largest absolute Gasteiger partial charge is 0.394 e. The number of nitrogens with one attached hydrogen (secondary N) is 1. The molecule has 0 saturated heterocycles. The van der Waals surface area contributed by atoms with E-state index < -0.39 is 0 Å². The Hall–Kier alpha value is -1.80. The average Bonchev–Trinajstić information content (AvgIpc) is 2.43. The molecule has 0 amide bonds. The number of hydrogen-bond donors (Lipinski definition) is 2. The minimum atomic E-state index is 0.0687. The Kier molecular flexibility index (Phi) is 4.58. The van der Waals surface area contributed by atoms with Crippen molar-refractivity contribution in [2.45, 2.75) is 26.3 Å². The summed E-state index contributed by atoms with van der Waals surface area (Å²) in [4.78, 5) is 0. The van der Waals surface area contributed by atoms with Gasteiger partial charge in [-0.3, -0.25) is 0 Å². The predicted molar refractivity (Wildman–Crippen MR) is 80.6 cm³/mol. The van der Waals surface area contributed by atoms with Crippen LogP contribution in [-0.4, -0.2) is 17.8 Å². The summed E-state index contributed by atoms with van der Waals surface area (Å²) in [5.74, 6) is 0. The number of benzene rings is 2. The maximum Gasteiger partial charge on any atom is 0.0630 e. The van der Waals surface area contributed by atoms with Gasteiger partial charge in [-0.25, -0.2) is 0 Å². The summed E-state index contributed by atoms with van der Waals surface area (Å²) < 4.78 is 0. The molecule has 0 heterocycles. The predicted octanol–water partition coefficient (Wildman–Crippen LogP) is 3.38. The highest BCUT2D eigenvalue weighted by atomic mass is 16.3. The zero-order valence-corrected chi connectivity index (χ0v) is 11.6. The van der Waals surface area contributed by atoms with Crippen LogP contribution in [0.5, 0.6) is 0 Å². The molecule has 2 nitrogen and oxygen atoms in total. The van der Waals surface area contributed by atoms with Crippen LogP contribution in [0.15, 0.2) is 48.5 Å². The molecule has 2 rings (SSSR count). The molecule has 0 aromatic heterocycles. The average molecular weight is 255 g/mol. The molecule has 1 unspecified atom stereocenters. The Bertz CT molecular complexity index is 519. The molecule has 0 radical (unpaired) electrons. The monoisotopic (exact) mass is 255 g/mol.